The molecule has 0 amide bonds. The van der Waals surface area contributed by atoms with Crippen molar-refractivity contribution in [1.29, 1.82) is 0 Å². The Balaban J connectivity index is 3.04. The van der Waals surface area contributed by atoms with E-state index in [2.05, 4.69) is 5.32 Å². The Kier molecular flexibility index (Phi) is 4.27. The highest BCUT2D eigenvalue weighted by Gasteiger charge is 2.25. The zero-order valence-electron chi connectivity index (χ0n) is 10.3. The highest BCUT2D eigenvalue weighted by Crippen LogP contribution is 2.25. The fourth-order valence-electron chi connectivity index (χ4n) is 1.61. The molecular formula is C12H18FNO2S. The van der Waals surface area contributed by atoms with Crippen LogP contribution in [0.5, 0.6) is 0 Å². The molecule has 0 fully saturated rings. The van der Waals surface area contributed by atoms with Crippen LogP contribution in [-0.2, 0) is 15.5 Å². The summed E-state index contributed by atoms with van der Waals surface area (Å²) >= 11 is 0. The van der Waals surface area contributed by atoms with Gasteiger partial charge in [-0.2, -0.15) is 0 Å². The van der Waals surface area contributed by atoms with Crippen molar-refractivity contribution in [3.05, 3.63) is 29.8 Å². The van der Waals surface area contributed by atoms with Crippen LogP contribution in [0.15, 0.2) is 29.2 Å². The van der Waals surface area contributed by atoms with Gasteiger partial charge in [0.25, 0.3) is 0 Å². The molecule has 1 unspecified atom stereocenters. The van der Waals surface area contributed by atoms with E-state index in [1.165, 1.54) is 31.2 Å². The van der Waals surface area contributed by atoms with E-state index in [9.17, 15) is 12.8 Å². The summed E-state index contributed by atoms with van der Waals surface area (Å²) in [6.07, 6.45) is 0. The number of halogens is 1. The monoisotopic (exact) mass is 259 g/mol. The quantitative estimate of drug-likeness (QED) is 0.878. The standard InChI is InChI=1S/C12H18FNO2S/c1-4-17(15,16)11-7-5-10(6-8-11)12(2,13)9-14-3/h5-8,14H,4,9H2,1-3H3. The molecule has 0 aliphatic carbocycles. The summed E-state index contributed by atoms with van der Waals surface area (Å²) in [5.41, 5.74) is -1.02. The Hall–Kier alpha value is -0.940. The van der Waals surface area contributed by atoms with Crippen molar-refractivity contribution in [3.63, 3.8) is 0 Å². The lowest BCUT2D eigenvalue weighted by Crippen LogP contribution is -2.29. The number of sulfone groups is 1. The number of rotatable bonds is 5. The zero-order valence-corrected chi connectivity index (χ0v) is 11.1. The molecule has 0 spiro atoms. The highest BCUT2D eigenvalue weighted by molar-refractivity contribution is 7.91. The summed E-state index contributed by atoms with van der Waals surface area (Å²) in [6.45, 7) is 3.24. The molecule has 17 heavy (non-hydrogen) atoms. The fraction of sp³-hybridized carbons (Fsp3) is 0.500. The number of benzene rings is 1. The lowest BCUT2D eigenvalue weighted by atomic mass is 9.98. The first-order valence-corrected chi connectivity index (χ1v) is 7.15. The number of hydrogen-bond acceptors (Lipinski definition) is 3. The van der Waals surface area contributed by atoms with Crippen LogP contribution in [-0.4, -0.2) is 27.8 Å². The maximum absolute atomic E-state index is 14.1. The third-order valence-corrected chi connectivity index (χ3v) is 4.45. The minimum atomic E-state index is -3.21. The molecule has 5 heteroatoms. The smallest absolute Gasteiger partial charge is 0.178 e. The summed E-state index contributed by atoms with van der Waals surface area (Å²) < 4.78 is 37.3. The average molecular weight is 259 g/mol. The van der Waals surface area contributed by atoms with Gasteiger partial charge >= 0.3 is 0 Å². The second kappa shape index (κ2) is 5.14. The Labute approximate surface area is 102 Å². The molecule has 3 nitrogen and oxygen atoms in total. The van der Waals surface area contributed by atoms with Crippen molar-refractivity contribution >= 4 is 9.84 Å². The molecule has 0 aliphatic heterocycles. The van der Waals surface area contributed by atoms with Crippen LogP contribution in [0.4, 0.5) is 4.39 Å². The topological polar surface area (TPSA) is 46.2 Å². The van der Waals surface area contributed by atoms with Crippen LogP contribution in [0.25, 0.3) is 0 Å². The van der Waals surface area contributed by atoms with Gasteiger partial charge in [-0.05, 0) is 31.7 Å². The Morgan fingerprint density at radius 2 is 1.82 bits per heavy atom. The molecule has 0 radical (unpaired) electrons. The highest BCUT2D eigenvalue weighted by atomic mass is 32.2. The van der Waals surface area contributed by atoms with E-state index < -0.39 is 15.5 Å². The zero-order chi connectivity index (χ0) is 13.1. The van der Waals surface area contributed by atoms with Crippen molar-refractivity contribution in [1.82, 2.24) is 5.32 Å². The van der Waals surface area contributed by atoms with Gasteiger partial charge < -0.3 is 5.32 Å². The van der Waals surface area contributed by atoms with Crippen molar-refractivity contribution < 1.29 is 12.8 Å². The summed E-state index contributed by atoms with van der Waals surface area (Å²) in [5, 5.41) is 2.77. The van der Waals surface area contributed by atoms with Gasteiger partial charge in [0.2, 0.25) is 0 Å². The Bertz CT molecular complexity index is 466. The van der Waals surface area contributed by atoms with E-state index in [1.54, 1.807) is 14.0 Å². The Morgan fingerprint density at radius 1 is 1.29 bits per heavy atom. The molecule has 1 atom stereocenters. The van der Waals surface area contributed by atoms with Crippen LogP contribution in [0, 0.1) is 0 Å². The first kappa shape index (κ1) is 14.1. The van der Waals surface area contributed by atoms with Gasteiger partial charge in [0.1, 0.15) is 5.67 Å². The first-order chi connectivity index (χ1) is 7.83. The predicted octanol–water partition coefficient (Wildman–Crippen LogP) is 1.88. The predicted molar refractivity (Wildman–Crippen MR) is 66.6 cm³/mol. The Morgan fingerprint density at radius 3 is 2.24 bits per heavy atom. The molecule has 1 aromatic carbocycles. The molecule has 96 valence electrons. The van der Waals surface area contributed by atoms with Crippen molar-refractivity contribution in [2.45, 2.75) is 24.4 Å². The van der Waals surface area contributed by atoms with Crippen molar-refractivity contribution in [2.24, 2.45) is 0 Å². The van der Waals surface area contributed by atoms with Gasteiger partial charge in [-0.15, -0.1) is 0 Å². The first-order valence-electron chi connectivity index (χ1n) is 5.50. The second-order valence-electron chi connectivity index (χ2n) is 4.16. The minimum absolute atomic E-state index is 0.0513. The van der Waals surface area contributed by atoms with Gasteiger partial charge in [-0.25, -0.2) is 12.8 Å². The van der Waals surface area contributed by atoms with Gasteiger partial charge in [0, 0.05) is 6.54 Å². The van der Waals surface area contributed by atoms with E-state index in [4.69, 9.17) is 0 Å². The summed E-state index contributed by atoms with van der Waals surface area (Å²) in [6, 6.07) is 5.98. The largest absolute Gasteiger partial charge is 0.316 e. The molecule has 0 aliphatic rings. The van der Waals surface area contributed by atoms with E-state index >= 15 is 0 Å². The summed E-state index contributed by atoms with van der Waals surface area (Å²) in [5.74, 6) is 0.0513. The molecule has 1 rings (SSSR count). The van der Waals surface area contributed by atoms with Gasteiger partial charge in [0.15, 0.2) is 9.84 Å². The van der Waals surface area contributed by atoms with Crippen LogP contribution in [0.2, 0.25) is 0 Å². The lowest BCUT2D eigenvalue weighted by molar-refractivity contribution is 0.190. The SMILES string of the molecule is CCS(=O)(=O)c1ccc(C(C)(F)CNC)cc1. The number of likely N-dealkylation sites (N-methyl/N-ethyl adjacent to an activating group) is 1. The molecule has 1 N–H and O–H groups in total. The normalized spacial score (nSPS) is 15.5. The molecule has 0 aromatic heterocycles. The second-order valence-corrected chi connectivity index (χ2v) is 6.43. The lowest BCUT2D eigenvalue weighted by Gasteiger charge is -2.20. The summed E-state index contributed by atoms with van der Waals surface area (Å²) in [7, 11) is -1.54. The molecule has 0 saturated carbocycles. The van der Waals surface area contributed by atoms with E-state index in [1.807, 2.05) is 0 Å². The van der Waals surface area contributed by atoms with Crippen molar-refractivity contribution in [3.8, 4) is 0 Å². The maximum Gasteiger partial charge on any atom is 0.178 e. The van der Waals surface area contributed by atoms with Crippen molar-refractivity contribution in [2.75, 3.05) is 19.3 Å². The average Bonchev–Trinajstić information content (AvgIpc) is 2.29. The third kappa shape index (κ3) is 3.26. The van der Waals surface area contributed by atoms with E-state index in [-0.39, 0.29) is 17.2 Å². The number of nitrogens with one attached hydrogen (secondary N) is 1. The third-order valence-electron chi connectivity index (χ3n) is 2.70. The van der Waals surface area contributed by atoms with Crippen LogP contribution >= 0.6 is 0 Å². The van der Waals surface area contributed by atoms with Crippen LogP contribution < -0.4 is 5.32 Å². The fourth-order valence-corrected chi connectivity index (χ4v) is 2.49. The van der Waals surface area contributed by atoms with E-state index in [0.717, 1.165) is 0 Å². The molecule has 1 aromatic rings. The molecule has 0 bridgehead atoms. The maximum atomic E-state index is 14.1. The molecule has 0 saturated heterocycles. The van der Waals surface area contributed by atoms with Gasteiger partial charge in [-0.3, -0.25) is 0 Å². The van der Waals surface area contributed by atoms with E-state index in [0.29, 0.717) is 5.56 Å². The molecular weight excluding hydrogens is 241 g/mol. The van der Waals surface area contributed by atoms with Crippen LogP contribution in [0.1, 0.15) is 19.4 Å². The summed E-state index contributed by atoms with van der Waals surface area (Å²) in [4.78, 5) is 0.240. The van der Waals surface area contributed by atoms with Crippen LogP contribution in [0.3, 0.4) is 0 Å². The number of hydrogen-bond donors (Lipinski definition) is 1. The molecule has 0 heterocycles. The number of alkyl halides is 1. The van der Waals surface area contributed by atoms with Gasteiger partial charge in [-0.1, -0.05) is 19.1 Å². The van der Waals surface area contributed by atoms with Gasteiger partial charge in [0.05, 0.1) is 10.6 Å². The minimum Gasteiger partial charge on any atom is -0.316 e.